The van der Waals surface area contributed by atoms with Gasteiger partial charge in [0.2, 0.25) is 0 Å². The standard InChI is InChI=1S/C18H15ClF3NO5/c1-26-10-8-12(18(20,21)22)14(19)13(9-10)23-7-5-4-6-11(16(24)27-2)15(23)17(25)28-3/h4-9H,1-3H3. The maximum Gasteiger partial charge on any atom is 0.418 e. The van der Waals surface area contributed by atoms with Gasteiger partial charge in [-0.3, -0.25) is 0 Å². The molecule has 0 aliphatic carbocycles. The maximum atomic E-state index is 13.4. The lowest BCUT2D eigenvalue weighted by molar-refractivity contribution is -0.139. The minimum absolute atomic E-state index is 0.152. The predicted molar refractivity (Wildman–Crippen MR) is 94.8 cm³/mol. The number of hydrogen-bond donors (Lipinski definition) is 0. The topological polar surface area (TPSA) is 65.1 Å². The summed E-state index contributed by atoms with van der Waals surface area (Å²) in [6.45, 7) is 0. The van der Waals surface area contributed by atoms with Crippen molar-refractivity contribution in [3.8, 4) is 5.75 Å². The number of anilines is 1. The summed E-state index contributed by atoms with van der Waals surface area (Å²) in [6, 6.07) is 1.93. The number of carbonyl (C=O) groups is 2. The largest absolute Gasteiger partial charge is 0.497 e. The summed E-state index contributed by atoms with van der Waals surface area (Å²) in [5.41, 5.74) is -2.01. The molecule has 1 aromatic rings. The first-order valence-electron chi connectivity index (χ1n) is 7.65. The van der Waals surface area contributed by atoms with E-state index in [9.17, 15) is 22.8 Å². The molecule has 1 heterocycles. The van der Waals surface area contributed by atoms with Crippen molar-refractivity contribution in [2.45, 2.75) is 6.18 Å². The fourth-order valence-electron chi connectivity index (χ4n) is 2.43. The molecule has 0 saturated heterocycles. The molecular weight excluding hydrogens is 403 g/mol. The first-order valence-corrected chi connectivity index (χ1v) is 8.03. The Kier molecular flexibility index (Phi) is 6.40. The van der Waals surface area contributed by atoms with Crippen molar-refractivity contribution in [1.29, 1.82) is 0 Å². The molecule has 6 nitrogen and oxygen atoms in total. The van der Waals surface area contributed by atoms with Crippen LogP contribution in [0.15, 0.2) is 47.8 Å². The molecule has 1 aromatic carbocycles. The highest BCUT2D eigenvalue weighted by molar-refractivity contribution is 6.34. The molecule has 0 fully saturated rings. The van der Waals surface area contributed by atoms with Gasteiger partial charge < -0.3 is 19.1 Å². The van der Waals surface area contributed by atoms with E-state index in [1.807, 2.05) is 0 Å². The van der Waals surface area contributed by atoms with Crippen LogP contribution in [-0.4, -0.2) is 33.3 Å². The molecule has 1 aliphatic rings. The molecule has 0 saturated carbocycles. The van der Waals surface area contributed by atoms with Gasteiger partial charge in [-0.2, -0.15) is 13.2 Å². The number of allylic oxidation sites excluding steroid dienone is 2. The van der Waals surface area contributed by atoms with Gasteiger partial charge in [0.25, 0.3) is 0 Å². The number of benzene rings is 1. The predicted octanol–water partition coefficient (Wildman–Crippen LogP) is 3.86. The van der Waals surface area contributed by atoms with E-state index in [0.717, 1.165) is 25.2 Å². The van der Waals surface area contributed by atoms with Gasteiger partial charge in [-0.05, 0) is 18.2 Å². The first-order chi connectivity index (χ1) is 13.1. The van der Waals surface area contributed by atoms with E-state index >= 15 is 0 Å². The summed E-state index contributed by atoms with van der Waals surface area (Å²) >= 11 is 6.02. The van der Waals surface area contributed by atoms with E-state index in [4.69, 9.17) is 21.1 Å². The molecule has 150 valence electrons. The molecule has 0 amide bonds. The van der Waals surface area contributed by atoms with E-state index in [1.165, 1.54) is 37.6 Å². The fourth-order valence-corrected chi connectivity index (χ4v) is 2.74. The highest BCUT2D eigenvalue weighted by Crippen LogP contribution is 2.44. The van der Waals surface area contributed by atoms with E-state index in [2.05, 4.69) is 4.74 Å². The van der Waals surface area contributed by atoms with Crippen molar-refractivity contribution in [3.63, 3.8) is 0 Å². The van der Waals surface area contributed by atoms with Crippen LogP contribution < -0.4 is 9.64 Å². The number of nitrogens with zero attached hydrogens (tertiary/aromatic N) is 1. The zero-order chi connectivity index (χ0) is 21.1. The molecule has 0 atom stereocenters. The van der Waals surface area contributed by atoms with Gasteiger partial charge in [0.05, 0.1) is 43.2 Å². The Balaban J connectivity index is 2.83. The number of halogens is 4. The molecule has 0 radical (unpaired) electrons. The van der Waals surface area contributed by atoms with Crippen LogP contribution in [0.1, 0.15) is 5.56 Å². The summed E-state index contributed by atoms with van der Waals surface area (Å²) < 4.78 is 54.5. The third-order valence-corrected chi connectivity index (χ3v) is 4.11. The molecule has 28 heavy (non-hydrogen) atoms. The second-order valence-electron chi connectivity index (χ2n) is 5.32. The van der Waals surface area contributed by atoms with Gasteiger partial charge in [-0.1, -0.05) is 17.7 Å². The molecule has 10 heteroatoms. The summed E-state index contributed by atoms with van der Waals surface area (Å²) in [6.07, 6.45) is 0.567. The van der Waals surface area contributed by atoms with E-state index in [1.54, 1.807) is 0 Å². The minimum Gasteiger partial charge on any atom is -0.497 e. The lowest BCUT2D eigenvalue weighted by atomic mass is 10.1. The van der Waals surface area contributed by atoms with Crippen LogP contribution in [-0.2, 0) is 25.2 Å². The normalized spacial score (nSPS) is 14.0. The molecule has 0 N–H and O–H groups in total. The van der Waals surface area contributed by atoms with Crippen LogP contribution in [0.2, 0.25) is 5.02 Å². The highest BCUT2D eigenvalue weighted by atomic mass is 35.5. The number of ether oxygens (including phenoxy) is 3. The average Bonchev–Trinajstić information content (AvgIpc) is 2.88. The minimum atomic E-state index is -4.78. The lowest BCUT2D eigenvalue weighted by Gasteiger charge is -2.26. The smallest absolute Gasteiger partial charge is 0.418 e. The third kappa shape index (κ3) is 4.14. The Bertz CT molecular complexity index is 890. The van der Waals surface area contributed by atoms with Gasteiger partial charge in [0, 0.05) is 12.3 Å². The summed E-state index contributed by atoms with van der Waals surface area (Å²) in [5.74, 6) is -2.02. The van der Waals surface area contributed by atoms with Crippen molar-refractivity contribution < 1.29 is 37.0 Å². The van der Waals surface area contributed by atoms with Crippen LogP contribution in [0.25, 0.3) is 0 Å². The van der Waals surface area contributed by atoms with Crippen LogP contribution in [0.3, 0.4) is 0 Å². The monoisotopic (exact) mass is 417 g/mol. The van der Waals surface area contributed by atoms with Crippen molar-refractivity contribution in [3.05, 3.63) is 58.4 Å². The first kappa shape index (κ1) is 21.4. The molecular formula is C18H15ClF3NO5. The van der Waals surface area contributed by atoms with Crippen molar-refractivity contribution in [2.24, 2.45) is 0 Å². The Hall–Kier alpha value is -2.94. The molecule has 0 aromatic heterocycles. The van der Waals surface area contributed by atoms with Crippen LogP contribution in [0.5, 0.6) is 5.75 Å². The highest BCUT2D eigenvalue weighted by Gasteiger charge is 2.37. The summed E-state index contributed by atoms with van der Waals surface area (Å²) in [4.78, 5) is 25.5. The summed E-state index contributed by atoms with van der Waals surface area (Å²) in [7, 11) is 3.35. The van der Waals surface area contributed by atoms with Gasteiger partial charge >= 0.3 is 18.1 Å². The Morgan fingerprint density at radius 3 is 2.21 bits per heavy atom. The van der Waals surface area contributed by atoms with Crippen molar-refractivity contribution in [2.75, 3.05) is 26.2 Å². The molecule has 2 rings (SSSR count). The molecule has 0 unspecified atom stereocenters. The van der Waals surface area contributed by atoms with E-state index < -0.39 is 28.7 Å². The van der Waals surface area contributed by atoms with Crippen LogP contribution in [0.4, 0.5) is 18.9 Å². The number of hydrogen-bond acceptors (Lipinski definition) is 6. The molecule has 0 bridgehead atoms. The SMILES string of the molecule is COC(=O)C1=C(C(=O)OC)N(c2cc(OC)cc(C(F)(F)F)c2Cl)C=CC=C1. The fraction of sp³-hybridized carbons (Fsp3) is 0.222. The van der Waals surface area contributed by atoms with Gasteiger partial charge in [-0.25, -0.2) is 9.59 Å². The Morgan fingerprint density at radius 1 is 1.04 bits per heavy atom. The van der Waals surface area contributed by atoms with Gasteiger partial charge in [-0.15, -0.1) is 0 Å². The van der Waals surface area contributed by atoms with E-state index in [0.29, 0.717) is 0 Å². The van der Waals surface area contributed by atoms with Crippen LogP contribution in [0, 0.1) is 0 Å². The number of rotatable bonds is 4. The lowest BCUT2D eigenvalue weighted by Crippen LogP contribution is -2.27. The third-order valence-electron chi connectivity index (χ3n) is 3.72. The number of esters is 2. The van der Waals surface area contributed by atoms with Gasteiger partial charge in [0.15, 0.2) is 0 Å². The average molecular weight is 418 g/mol. The second kappa shape index (κ2) is 8.39. The second-order valence-corrected chi connectivity index (χ2v) is 5.70. The van der Waals surface area contributed by atoms with Crippen molar-refractivity contribution in [1.82, 2.24) is 0 Å². The summed E-state index contributed by atoms with van der Waals surface area (Å²) in [5, 5.41) is -0.689. The van der Waals surface area contributed by atoms with Gasteiger partial charge in [0.1, 0.15) is 11.4 Å². The van der Waals surface area contributed by atoms with E-state index in [-0.39, 0.29) is 22.7 Å². The Morgan fingerprint density at radius 2 is 1.68 bits per heavy atom. The quantitative estimate of drug-likeness (QED) is 0.693. The number of alkyl halides is 3. The molecule has 1 aliphatic heterocycles. The zero-order valence-corrected chi connectivity index (χ0v) is 15.7. The Labute approximate surface area is 163 Å². The number of carbonyl (C=O) groups excluding carboxylic acids is 2. The maximum absolute atomic E-state index is 13.4. The zero-order valence-electron chi connectivity index (χ0n) is 15.0. The number of methoxy groups -OCH3 is 3. The van der Waals surface area contributed by atoms with Crippen LogP contribution >= 0.6 is 11.6 Å². The molecule has 0 spiro atoms. The van der Waals surface area contributed by atoms with Crippen molar-refractivity contribution >= 4 is 29.2 Å².